The van der Waals surface area contributed by atoms with Crippen molar-refractivity contribution in [1.29, 1.82) is 0 Å². The highest BCUT2D eigenvalue weighted by Crippen LogP contribution is 2.20. The number of alkyl carbamates (subject to hydrolysis) is 1. The molecule has 0 aliphatic carbocycles. The Bertz CT molecular complexity index is 418. The fourth-order valence-electron chi connectivity index (χ4n) is 1.30. The monoisotopic (exact) mass is 256 g/mol. The minimum absolute atomic E-state index is 0.227. The van der Waals surface area contributed by atoms with E-state index >= 15 is 0 Å². The van der Waals surface area contributed by atoms with E-state index in [1.54, 1.807) is 40.7 Å². The number of nitrogens with one attached hydrogen (secondary N) is 1. The summed E-state index contributed by atoms with van der Waals surface area (Å²) in [6.45, 7) is 8.69. The van der Waals surface area contributed by atoms with Crippen molar-refractivity contribution in [2.75, 3.05) is 0 Å². The molecular formula is C12H20N2O4. The Morgan fingerprint density at radius 2 is 2.06 bits per heavy atom. The highest BCUT2D eigenvalue weighted by Gasteiger charge is 2.29. The summed E-state index contributed by atoms with van der Waals surface area (Å²) < 4.78 is 10.1. The van der Waals surface area contributed by atoms with Gasteiger partial charge in [-0.05, 0) is 34.6 Å². The van der Waals surface area contributed by atoms with Gasteiger partial charge in [0.1, 0.15) is 17.9 Å². The number of rotatable bonds is 3. The fraction of sp³-hybridized carbons (Fsp3) is 0.667. The van der Waals surface area contributed by atoms with Crippen LogP contribution in [0, 0.1) is 0 Å². The number of carbonyl (C=O) groups excluding carboxylic acids is 1. The molecule has 0 radical (unpaired) electrons. The Morgan fingerprint density at radius 3 is 2.50 bits per heavy atom. The first-order chi connectivity index (χ1) is 8.14. The van der Waals surface area contributed by atoms with Crippen LogP contribution in [0.4, 0.5) is 4.79 Å². The van der Waals surface area contributed by atoms with Crippen molar-refractivity contribution in [3.8, 4) is 0 Å². The molecule has 0 aliphatic rings. The van der Waals surface area contributed by atoms with Crippen LogP contribution in [-0.4, -0.2) is 22.0 Å². The summed E-state index contributed by atoms with van der Waals surface area (Å²) in [5.74, 6) is 0.351. The lowest BCUT2D eigenvalue weighted by Crippen LogP contribution is -2.44. The van der Waals surface area contributed by atoms with Crippen molar-refractivity contribution in [2.24, 2.45) is 0 Å². The fourth-order valence-corrected chi connectivity index (χ4v) is 1.30. The summed E-state index contributed by atoms with van der Waals surface area (Å²) in [4.78, 5) is 11.7. The lowest BCUT2D eigenvalue weighted by molar-refractivity contribution is 0.0467. The zero-order valence-electron chi connectivity index (χ0n) is 11.4. The molecule has 1 aromatic rings. The van der Waals surface area contributed by atoms with Crippen LogP contribution in [0.15, 0.2) is 10.6 Å². The second-order valence-corrected chi connectivity index (χ2v) is 5.59. The van der Waals surface area contributed by atoms with E-state index in [1.807, 2.05) is 0 Å². The van der Waals surface area contributed by atoms with Crippen LogP contribution in [0.5, 0.6) is 0 Å². The molecule has 0 bridgehead atoms. The predicted octanol–water partition coefficient (Wildman–Crippen LogP) is 1.93. The normalized spacial score (nSPS) is 12.3. The number of hydrogen-bond acceptors (Lipinski definition) is 5. The molecule has 1 aromatic heterocycles. The number of nitrogens with zero attached hydrogens (tertiary/aromatic N) is 1. The molecule has 6 nitrogen and oxygen atoms in total. The van der Waals surface area contributed by atoms with E-state index in [0.29, 0.717) is 11.5 Å². The third-order valence-electron chi connectivity index (χ3n) is 2.17. The SMILES string of the molecule is CC(C)(C)OC(=O)NC(C)(C)c1cc(CO)on1. The van der Waals surface area contributed by atoms with E-state index in [1.165, 1.54) is 0 Å². The van der Waals surface area contributed by atoms with Gasteiger partial charge in [0.2, 0.25) is 0 Å². The predicted molar refractivity (Wildman–Crippen MR) is 64.8 cm³/mol. The smallest absolute Gasteiger partial charge is 0.408 e. The molecule has 0 saturated carbocycles. The maximum Gasteiger partial charge on any atom is 0.408 e. The lowest BCUT2D eigenvalue weighted by atomic mass is 10.0. The Labute approximate surface area is 106 Å². The van der Waals surface area contributed by atoms with E-state index < -0.39 is 17.2 Å². The highest BCUT2D eigenvalue weighted by molar-refractivity contribution is 5.68. The molecule has 0 aromatic carbocycles. The van der Waals surface area contributed by atoms with Gasteiger partial charge in [0.25, 0.3) is 0 Å². The number of aliphatic hydroxyl groups is 1. The van der Waals surface area contributed by atoms with E-state index in [0.717, 1.165) is 0 Å². The molecule has 0 atom stereocenters. The first-order valence-corrected chi connectivity index (χ1v) is 5.72. The van der Waals surface area contributed by atoms with Crippen molar-refractivity contribution in [3.05, 3.63) is 17.5 Å². The Balaban J connectivity index is 2.72. The third kappa shape index (κ3) is 4.03. The molecule has 1 rings (SSSR count). The largest absolute Gasteiger partial charge is 0.444 e. The lowest BCUT2D eigenvalue weighted by Gasteiger charge is -2.26. The molecule has 0 unspecified atom stereocenters. The molecule has 1 heterocycles. The van der Waals surface area contributed by atoms with Crippen LogP contribution < -0.4 is 5.32 Å². The number of carbonyl (C=O) groups is 1. The van der Waals surface area contributed by atoms with Gasteiger partial charge in [0.15, 0.2) is 5.76 Å². The van der Waals surface area contributed by atoms with Gasteiger partial charge in [-0.3, -0.25) is 0 Å². The molecule has 0 fully saturated rings. The van der Waals surface area contributed by atoms with Gasteiger partial charge >= 0.3 is 6.09 Å². The number of aromatic nitrogens is 1. The number of hydrogen-bond donors (Lipinski definition) is 2. The van der Waals surface area contributed by atoms with Gasteiger partial charge in [0.05, 0.1) is 5.54 Å². The Kier molecular flexibility index (Phi) is 4.01. The molecular weight excluding hydrogens is 236 g/mol. The number of aliphatic hydroxyl groups excluding tert-OH is 1. The highest BCUT2D eigenvalue weighted by atomic mass is 16.6. The standard InChI is InChI=1S/C12H20N2O4/c1-11(2,3)17-10(16)13-12(4,5)9-6-8(7-15)18-14-9/h6,15H,7H2,1-5H3,(H,13,16). The van der Waals surface area contributed by atoms with Crippen molar-refractivity contribution < 1.29 is 19.2 Å². The second kappa shape index (κ2) is 4.97. The van der Waals surface area contributed by atoms with E-state index in [9.17, 15) is 4.79 Å². The van der Waals surface area contributed by atoms with Gasteiger partial charge in [-0.25, -0.2) is 4.79 Å². The van der Waals surface area contributed by atoms with Crippen molar-refractivity contribution in [1.82, 2.24) is 10.5 Å². The van der Waals surface area contributed by atoms with Gasteiger partial charge < -0.3 is 19.7 Å². The third-order valence-corrected chi connectivity index (χ3v) is 2.17. The van der Waals surface area contributed by atoms with Crippen LogP contribution >= 0.6 is 0 Å². The first kappa shape index (κ1) is 14.5. The molecule has 102 valence electrons. The van der Waals surface area contributed by atoms with E-state index in [4.69, 9.17) is 14.4 Å². The molecule has 6 heteroatoms. The average Bonchev–Trinajstić information content (AvgIpc) is 2.61. The molecule has 18 heavy (non-hydrogen) atoms. The zero-order chi connectivity index (χ0) is 14.0. The Morgan fingerprint density at radius 1 is 1.44 bits per heavy atom. The number of amides is 1. The minimum atomic E-state index is -0.737. The summed E-state index contributed by atoms with van der Waals surface area (Å²) in [7, 11) is 0. The van der Waals surface area contributed by atoms with Gasteiger partial charge in [-0.15, -0.1) is 0 Å². The topological polar surface area (TPSA) is 84.6 Å². The molecule has 0 aliphatic heterocycles. The molecule has 0 spiro atoms. The first-order valence-electron chi connectivity index (χ1n) is 5.72. The van der Waals surface area contributed by atoms with Crippen molar-refractivity contribution in [2.45, 2.75) is 52.4 Å². The van der Waals surface area contributed by atoms with Gasteiger partial charge in [-0.1, -0.05) is 5.16 Å². The van der Waals surface area contributed by atoms with Crippen LogP contribution in [0.2, 0.25) is 0 Å². The van der Waals surface area contributed by atoms with Gasteiger partial charge in [0, 0.05) is 6.07 Å². The van der Waals surface area contributed by atoms with Crippen molar-refractivity contribution in [3.63, 3.8) is 0 Å². The minimum Gasteiger partial charge on any atom is -0.444 e. The maximum absolute atomic E-state index is 11.7. The number of ether oxygens (including phenoxy) is 1. The average molecular weight is 256 g/mol. The molecule has 2 N–H and O–H groups in total. The summed E-state index contributed by atoms with van der Waals surface area (Å²) in [6, 6.07) is 1.59. The van der Waals surface area contributed by atoms with Crippen LogP contribution in [0.25, 0.3) is 0 Å². The summed E-state index contributed by atoms with van der Waals surface area (Å²) >= 11 is 0. The maximum atomic E-state index is 11.7. The summed E-state index contributed by atoms with van der Waals surface area (Å²) in [6.07, 6.45) is -0.527. The summed E-state index contributed by atoms with van der Waals surface area (Å²) in [5, 5.41) is 15.4. The quantitative estimate of drug-likeness (QED) is 0.863. The van der Waals surface area contributed by atoms with E-state index in [2.05, 4.69) is 10.5 Å². The van der Waals surface area contributed by atoms with Crippen molar-refractivity contribution >= 4 is 6.09 Å². The molecule has 0 saturated heterocycles. The zero-order valence-corrected chi connectivity index (χ0v) is 11.4. The van der Waals surface area contributed by atoms with Crippen LogP contribution in [0.3, 0.4) is 0 Å². The molecule has 1 amide bonds. The van der Waals surface area contributed by atoms with Crippen LogP contribution in [-0.2, 0) is 16.9 Å². The van der Waals surface area contributed by atoms with E-state index in [-0.39, 0.29) is 6.61 Å². The summed E-state index contributed by atoms with van der Waals surface area (Å²) in [5.41, 5.74) is -0.767. The Hall–Kier alpha value is -1.56. The van der Waals surface area contributed by atoms with Crippen LogP contribution in [0.1, 0.15) is 46.1 Å². The van der Waals surface area contributed by atoms with Gasteiger partial charge in [-0.2, -0.15) is 0 Å². The second-order valence-electron chi connectivity index (χ2n) is 5.59.